The van der Waals surface area contributed by atoms with Gasteiger partial charge in [-0.05, 0) is 71.3 Å². The number of thiophene rings is 1. The molecule has 4 fully saturated rings. The van der Waals surface area contributed by atoms with Gasteiger partial charge >= 0.3 is 6.01 Å². The van der Waals surface area contributed by atoms with Gasteiger partial charge in [-0.2, -0.15) is 15.2 Å². The number of aliphatic hydroxyl groups is 1. The number of hydrogen-bond donors (Lipinski definition) is 4. The monoisotopic (exact) mass is 1180 g/mol. The summed E-state index contributed by atoms with van der Waals surface area (Å²) in [5, 5.41) is 38.5. The minimum Gasteiger partial charge on any atom is -0.486 e. The molecule has 18 nitrogen and oxygen atoms in total. The van der Waals surface area contributed by atoms with E-state index in [0.29, 0.717) is 119 Å². The molecule has 4 aromatic heterocycles. The third-order valence-corrected chi connectivity index (χ3v) is 18.0. The van der Waals surface area contributed by atoms with E-state index in [4.69, 9.17) is 41.5 Å². The molecular weight excluding hydrogens is 1120 g/mol. The number of carbonyl (C=O) groups is 2. The number of likely N-dealkylation sites (tertiary alicyclic amines) is 1. The topological polar surface area (TPSA) is 232 Å². The molecule has 12 rings (SSSR count). The van der Waals surface area contributed by atoms with E-state index in [2.05, 4.69) is 46.1 Å². The largest absolute Gasteiger partial charge is 0.486 e. The molecule has 0 saturated carbocycles. The van der Waals surface area contributed by atoms with Crippen molar-refractivity contribution in [3.63, 3.8) is 0 Å². The van der Waals surface area contributed by atoms with Gasteiger partial charge in [0.2, 0.25) is 11.8 Å². The van der Waals surface area contributed by atoms with Crippen LogP contribution >= 0.6 is 32.2 Å². The van der Waals surface area contributed by atoms with Gasteiger partial charge in [0.15, 0.2) is 5.75 Å². The van der Waals surface area contributed by atoms with Crippen molar-refractivity contribution in [3.05, 3.63) is 119 Å². The number of halogens is 3. The van der Waals surface area contributed by atoms with Gasteiger partial charge in [-0.1, -0.05) is 85.3 Å². The maximum atomic E-state index is 15.6. The molecule has 8 aromatic rings. The normalized spacial score (nSPS) is 18.9. The predicted molar refractivity (Wildman–Crippen MR) is 316 cm³/mol. The van der Waals surface area contributed by atoms with Gasteiger partial charge < -0.3 is 45.5 Å². The third kappa shape index (κ3) is 11.0. The number of aliphatic hydroxyl groups excluding tert-OH is 1. The van der Waals surface area contributed by atoms with Gasteiger partial charge in [0, 0.05) is 78.2 Å². The standard InChI is InChI=1S/C60H60ClF2N12O6PS/c1-31(2)53(59(78)74-19-3-4-47(74)58(77)68-46(29-76)34-9-11-35(12-10-34)49-44(63)24-66-25-48(49)82)75-28-45(71-72-75)33-7-5-32(6-8-33)30-80-54-51(39-15-16-43(62)55-50(39)41(23-64)56(65)83-55)42(61)22-40-52(54)69-60(81-38-17-20-79-21-18-38)70-57(40)73-26-36-13-14-37(27-73)67-36/h5-12,15-16,22,24-25,28,31,36-38,46-47,53,67,76H,3-4,13-14,17-21,26-27,29-30,65,82H2,1-2H3,(H,68,77). The first kappa shape index (κ1) is 56.1. The van der Waals surface area contributed by atoms with Crippen LogP contribution in [0.5, 0.6) is 11.8 Å². The highest BCUT2D eigenvalue weighted by atomic mass is 35.5. The molecule has 428 valence electrons. The molecule has 4 aliphatic rings. The SMILES string of the molecule is CC(C)C(C(=O)N1CCCC1C(=O)NC(CO)c1ccc(-c2c(F)cncc2P)cc1)n1cc(-c2ccc(COc3c(-c4ccc(F)c5sc(N)c(C#N)c45)c(Cl)cc4c(N5CC6CCC(C5)N6)nc(OC5CCOCC5)nc34)cc2)nn1. The van der Waals surface area contributed by atoms with Gasteiger partial charge in [-0.3, -0.25) is 14.6 Å². The van der Waals surface area contributed by atoms with E-state index in [0.717, 1.165) is 41.5 Å². The van der Waals surface area contributed by atoms with Crippen LogP contribution in [-0.4, -0.2) is 115 Å². The number of benzene rings is 4. The zero-order chi connectivity index (χ0) is 57.6. The summed E-state index contributed by atoms with van der Waals surface area (Å²) in [5.41, 5.74) is 11.4. The van der Waals surface area contributed by atoms with Crippen molar-refractivity contribution in [2.75, 3.05) is 50.1 Å². The molecule has 4 aromatic carbocycles. The number of nitrogens with two attached hydrogens (primary N) is 1. The molecule has 83 heavy (non-hydrogen) atoms. The Labute approximate surface area is 488 Å². The maximum absolute atomic E-state index is 15.6. The fraction of sp³-hybridized carbons (Fsp3) is 0.367. The highest BCUT2D eigenvalue weighted by molar-refractivity contribution is 7.28. The number of rotatable bonds is 16. The third-order valence-electron chi connectivity index (χ3n) is 16.2. The van der Waals surface area contributed by atoms with Crippen molar-refractivity contribution in [3.8, 4) is 51.3 Å². The van der Waals surface area contributed by atoms with Gasteiger partial charge in [-0.25, -0.2) is 13.5 Å². The lowest BCUT2D eigenvalue weighted by atomic mass is 9.96. The van der Waals surface area contributed by atoms with Crippen molar-refractivity contribution in [2.24, 2.45) is 5.92 Å². The van der Waals surface area contributed by atoms with Crippen molar-refractivity contribution >= 4 is 81.1 Å². The summed E-state index contributed by atoms with van der Waals surface area (Å²) in [7, 11) is 2.48. The Balaban J connectivity index is 0.813. The van der Waals surface area contributed by atoms with Crippen LogP contribution < -0.4 is 36.0 Å². The molecule has 4 saturated heterocycles. The van der Waals surface area contributed by atoms with Crippen LogP contribution in [0.15, 0.2) is 85.3 Å². The van der Waals surface area contributed by atoms with Crippen LogP contribution in [0.25, 0.3) is 54.5 Å². The number of nitrogens with zero attached hydrogens (tertiary/aromatic N) is 9. The Morgan fingerprint density at radius 3 is 2.45 bits per heavy atom. The van der Waals surface area contributed by atoms with Crippen LogP contribution in [0.4, 0.5) is 19.6 Å². The summed E-state index contributed by atoms with van der Waals surface area (Å²) in [4.78, 5) is 46.5. The first-order valence-electron chi connectivity index (χ1n) is 27.8. The number of aromatic nitrogens is 6. The van der Waals surface area contributed by atoms with E-state index in [-0.39, 0.29) is 68.7 Å². The van der Waals surface area contributed by atoms with Gasteiger partial charge in [0.05, 0.1) is 53.5 Å². The van der Waals surface area contributed by atoms with Crippen LogP contribution in [-0.2, 0) is 20.9 Å². The number of piperazine rings is 1. The zero-order valence-corrected chi connectivity index (χ0v) is 48.3. The zero-order valence-electron chi connectivity index (χ0n) is 45.5. The van der Waals surface area contributed by atoms with Crippen molar-refractivity contribution in [1.29, 1.82) is 5.26 Å². The average Bonchev–Trinajstić information content (AvgIpc) is 3.51. The van der Waals surface area contributed by atoms with Crippen LogP contribution in [0, 0.1) is 28.9 Å². The lowest BCUT2D eigenvalue weighted by Crippen LogP contribution is -2.51. The number of fused-ring (bicyclic) bond motifs is 4. The number of nitrogen functional groups attached to an aromatic ring is 1. The van der Waals surface area contributed by atoms with Crippen molar-refractivity contribution in [1.82, 2.24) is 45.5 Å². The first-order chi connectivity index (χ1) is 40.2. The molecule has 5 N–H and O–H groups in total. The Kier molecular flexibility index (Phi) is 16.0. The van der Waals surface area contributed by atoms with Gasteiger partial charge in [-0.15, -0.1) is 25.7 Å². The van der Waals surface area contributed by atoms with E-state index >= 15 is 4.39 Å². The summed E-state index contributed by atoms with van der Waals surface area (Å²) in [6, 6.07) is 19.8. The molecule has 4 aliphatic heterocycles. The molecule has 2 amide bonds. The number of anilines is 2. The molecule has 8 heterocycles. The second-order valence-corrected chi connectivity index (χ2v) is 24.0. The predicted octanol–water partition coefficient (Wildman–Crippen LogP) is 8.83. The number of nitriles is 1. The summed E-state index contributed by atoms with van der Waals surface area (Å²) in [6.07, 6.45) is 8.73. The second kappa shape index (κ2) is 23.7. The van der Waals surface area contributed by atoms with Crippen LogP contribution in [0.2, 0.25) is 5.02 Å². The number of ether oxygens (including phenoxy) is 3. The van der Waals surface area contributed by atoms with Gasteiger partial charge in [0.25, 0.3) is 0 Å². The molecule has 23 heteroatoms. The lowest BCUT2D eigenvalue weighted by molar-refractivity contribution is -0.142. The average molecular weight is 1180 g/mol. The summed E-state index contributed by atoms with van der Waals surface area (Å²) in [6.45, 7) is 6.35. The molecular formula is C60H60ClF2N12O6PS. The fourth-order valence-corrected chi connectivity index (χ4v) is 13.7. The number of hydrogen-bond acceptors (Lipinski definition) is 16. The molecule has 6 unspecified atom stereocenters. The smallest absolute Gasteiger partial charge is 0.319 e. The number of amides is 2. The summed E-state index contributed by atoms with van der Waals surface area (Å²) < 4.78 is 51.2. The lowest BCUT2D eigenvalue weighted by Gasteiger charge is -2.34. The highest BCUT2D eigenvalue weighted by Gasteiger charge is 2.41. The highest BCUT2D eigenvalue weighted by Crippen LogP contribution is 2.50. The quantitative estimate of drug-likeness (QED) is 0.0662. The van der Waals surface area contributed by atoms with E-state index < -0.39 is 42.3 Å². The van der Waals surface area contributed by atoms with E-state index in [1.807, 2.05) is 44.2 Å². The molecule has 2 bridgehead atoms. The maximum Gasteiger partial charge on any atom is 0.319 e. The fourth-order valence-electron chi connectivity index (χ4n) is 12.1. The number of nitrogens with one attached hydrogen (secondary N) is 2. The minimum atomic E-state index is -0.791. The van der Waals surface area contributed by atoms with Crippen molar-refractivity contribution in [2.45, 2.75) is 95.3 Å². The van der Waals surface area contributed by atoms with Crippen molar-refractivity contribution < 1.29 is 37.7 Å². The summed E-state index contributed by atoms with van der Waals surface area (Å²) >= 11 is 8.43. The number of pyridine rings is 1. The van der Waals surface area contributed by atoms with Gasteiger partial charge in [0.1, 0.15) is 64.5 Å². The van der Waals surface area contributed by atoms with E-state index in [9.17, 15) is 24.3 Å². The molecule has 6 atom stereocenters. The van der Waals surface area contributed by atoms with Crippen LogP contribution in [0.1, 0.15) is 81.1 Å². The Morgan fingerprint density at radius 1 is 0.988 bits per heavy atom. The molecule has 0 aliphatic carbocycles. The Hall–Kier alpha value is -7.44. The van der Waals surface area contributed by atoms with Crippen LogP contribution in [0.3, 0.4) is 0 Å². The Morgan fingerprint density at radius 2 is 1.73 bits per heavy atom. The second-order valence-electron chi connectivity index (χ2n) is 21.9. The number of carbonyl (C=O) groups excluding carboxylic acids is 2. The first-order valence-corrected chi connectivity index (χ1v) is 29.6. The molecule has 0 radical (unpaired) electrons. The minimum absolute atomic E-state index is 0.0242. The van der Waals surface area contributed by atoms with E-state index in [1.54, 1.807) is 52.3 Å². The van der Waals surface area contributed by atoms with E-state index in [1.165, 1.54) is 6.07 Å². The summed E-state index contributed by atoms with van der Waals surface area (Å²) in [5.74, 6) is -0.959. The molecule has 0 spiro atoms. The Bertz CT molecular complexity index is 3790.